The summed E-state index contributed by atoms with van der Waals surface area (Å²) in [7, 11) is 1.79. The molecule has 0 atom stereocenters. The van der Waals surface area contributed by atoms with Gasteiger partial charge in [-0.05, 0) is 19.8 Å². The molecule has 0 saturated heterocycles. The number of anilines is 1. The van der Waals surface area contributed by atoms with E-state index in [0.29, 0.717) is 35.9 Å². The van der Waals surface area contributed by atoms with Gasteiger partial charge in [0.2, 0.25) is 5.92 Å². The summed E-state index contributed by atoms with van der Waals surface area (Å²) in [6.45, 7) is 2.14. The standard InChI is InChI=1S/C19H22F2N6OS/c1-12-10-29-18(23-12)15-7-14(28-9-17-22-11-27(2)26-17)8-16(25-15)24-13-3-5-19(20,21)6-4-13/h7-8,10-11,13H,3-6,9H2,1-2H3,(H,24,25). The Morgan fingerprint density at radius 2 is 2.07 bits per heavy atom. The van der Waals surface area contributed by atoms with Crippen LogP contribution in [0.1, 0.15) is 37.2 Å². The number of ether oxygens (including phenoxy) is 1. The quantitative estimate of drug-likeness (QED) is 0.644. The normalized spacial score (nSPS) is 16.7. The van der Waals surface area contributed by atoms with Crippen LogP contribution in [0.25, 0.3) is 10.7 Å². The molecular formula is C19H22F2N6OS. The number of alkyl halides is 2. The van der Waals surface area contributed by atoms with Crippen LogP contribution in [0.15, 0.2) is 23.8 Å². The fourth-order valence-corrected chi connectivity index (χ4v) is 3.99. The van der Waals surface area contributed by atoms with E-state index in [0.717, 1.165) is 10.7 Å². The summed E-state index contributed by atoms with van der Waals surface area (Å²) in [6.07, 6.45) is 2.21. The molecule has 10 heteroatoms. The molecule has 1 fully saturated rings. The number of hydrogen-bond acceptors (Lipinski definition) is 7. The van der Waals surface area contributed by atoms with Gasteiger partial charge in [0.25, 0.3) is 0 Å². The van der Waals surface area contributed by atoms with Gasteiger partial charge in [0.15, 0.2) is 5.82 Å². The lowest BCUT2D eigenvalue weighted by atomic mass is 9.92. The Morgan fingerprint density at radius 1 is 1.28 bits per heavy atom. The second-order valence-electron chi connectivity index (χ2n) is 7.27. The first kappa shape index (κ1) is 19.7. The van der Waals surface area contributed by atoms with Crippen molar-refractivity contribution in [1.29, 1.82) is 0 Å². The highest BCUT2D eigenvalue weighted by atomic mass is 32.1. The summed E-state index contributed by atoms with van der Waals surface area (Å²) in [5.74, 6) is -0.802. The van der Waals surface area contributed by atoms with E-state index in [9.17, 15) is 8.78 Å². The maximum Gasteiger partial charge on any atom is 0.248 e. The molecule has 154 valence electrons. The average molecular weight is 420 g/mol. The first-order chi connectivity index (χ1) is 13.9. The molecule has 1 saturated carbocycles. The minimum atomic E-state index is -2.56. The van der Waals surface area contributed by atoms with Crippen LogP contribution in [0.2, 0.25) is 0 Å². The number of nitrogens with one attached hydrogen (secondary N) is 1. The van der Waals surface area contributed by atoms with Crippen molar-refractivity contribution in [3.05, 3.63) is 35.4 Å². The van der Waals surface area contributed by atoms with E-state index in [1.165, 1.54) is 11.3 Å². The molecule has 7 nitrogen and oxygen atoms in total. The summed E-state index contributed by atoms with van der Waals surface area (Å²) in [6, 6.07) is 3.56. The van der Waals surface area contributed by atoms with Gasteiger partial charge in [-0.1, -0.05) is 0 Å². The summed E-state index contributed by atoms with van der Waals surface area (Å²) in [5, 5.41) is 10.2. The van der Waals surface area contributed by atoms with Crippen LogP contribution in [0.5, 0.6) is 5.75 Å². The molecule has 0 bridgehead atoms. The van der Waals surface area contributed by atoms with Crippen molar-refractivity contribution >= 4 is 17.2 Å². The second kappa shape index (κ2) is 8.02. The fourth-order valence-electron chi connectivity index (χ4n) is 3.24. The predicted octanol–water partition coefficient (Wildman–Crippen LogP) is 4.21. The molecule has 1 aliphatic rings. The molecule has 3 heterocycles. The van der Waals surface area contributed by atoms with Gasteiger partial charge in [0, 0.05) is 49.1 Å². The summed E-state index contributed by atoms with van der Waals surface area (Å²) < 4.78 is 34.4. The number of pyridine rings is 1. The minimum Gasteiger partial charge on any atom is -0.485 e. The van der Waals surface area contributed by atoms with Crippen molar-refractivity contribution < 1.29 is 13.5 Å². The molecule has 3 aromatic rings. The van der Waals surface area contributed by atoms with E-state index in [1.807, 2.05) is 18.4 Å². The summed E-state index contributed by atoms with van der Waals surface area (Å²) in [5.41, 5.74) is 1.60. The van der Waals surface area contributed by atoms with Crippen molar-refractivity contribution in [3.8, 4) is 16.5 Å². The third-order valence-electron chi connectivity index (χ3n) is 4.72. The topological polar surface area (TPSA) is 77.8 Å². The summed E-state index contributed by atoms with van der Waals surface area (Å²) >= 11 is 1.50. The molecule has 0 aliphatic heterocycles. The maximum atomic E-state index is 13.4. The van der Waals surface area contributed by atoms with Crippen LogP contribution < -0.4 is 10.1 Å². The number of rotatable bonds is 6. The van der Waals surface area contributed by atoms with Crippen molar-refractivity contribution in [3.63, 3.8) is 0 Å². The van der Waals surface area contributed by atoms with Crippen LogP contribution in [0.4, 0.5) is 14.6 Å². The van der Waals surface area contributed by atoms with Crippen LogP contribution in [0.3, 0.4) is 0 Å². The predicted molar refractivity (Wildman–Crippen MR) is 106 cm³/mol. The Kier molecular flexibility index (Phi) is 5.44. The van der Waals surface area contributed by atoms with Gasteiger partial charge in [-0.25, -0.2) is 23.7 Å². The van der Waals surface area contributed by atoms with Crippen molar-refractivity contribution in [1.82, 2.24) is 24.7 Å². The third kappa shape index (κ3) is 5.06. The molecule has 0 amide bonds. The highest BCUT2D eigenvalue weighted by Crippen LogP contribution is 2.35. The van der Waals surface area contributed by atoms with Crippen LogP contribution in [-0.2, 0) is 13.7 Å². The minimum absolute atomic E-state index is 0.0410. The molecular weight excluding hydrogens is 398 g/mol. The van der Waals surface area contributed by atoms with Gasteiger partial charge in [-0.15, -0.1) is 11.3 Å². The average Bonchev–Trinajstić information content (AvgIpc) is 3.30. The van der Waals surface area contributed by atoms with Gasteiger partial charge >= 0.3 is 0 Å². The number of hydrogen-bond donors (Lipinski definition) is 1. The lowest BCUT2D eigenvalue weighted by molar-refractivity contribution is -0.0361. The van der Waals surface area contributed by atoms with Gasteiger partial charge in [-0.2, -0.15) is 5.10 Å². The Labute approximate surface area is 171 Å². The number of halogens is 2. The van der Waals surface area contributed by atoms with E-state index in [4.69, 9.17) is 4.74 Å². The number of aromatic nitrogens is 5. The Hall–Kier alpha value is -2.62. The fraction of sp³-hybridized carbons (Fsp3) is 0.474. The second-order valence-corrected chi connectivity index (χ2v) is 8.12. The van der Waals surface area contributed by atoms with E-state index < -0.39 is 5.92 Å². The van der Waals surface area contributed by atoms with Crippen molar-refractivity contribution in [2.45, 2.75) is 51.2 Å². The molecule has 0 spiro atoms. The highest BCUT2D eigenvalue weighted by molar-refractivity contribution is 7.13. The zero-order chi connectivity index (χ0) is 20.4. The van der Waals surface area contributed by atoms with Gasteiger partial charge in [0.1, 0.15) is 35.2 Å². The van der Waals surface area contributed by atoms with Gasteiger partial charge in [0.05, 0.1) is 0 Å². The lowest BCUT2D eigenvalue weighted by Gasteiger charge is -2.29. The number of aryl methyl sites for hydroxylation is 2. The van der Waals surface area contributed by atoms with Crippen LogP contribution >= 0.6 is 11.3 Å². The number of nitrogens with zero attached hydrogens (tertiary/aromatic N) is 5. The molecule has 0 unspecified atom stereocenters. The summed E-state index contributed by atoms with van der Waals surface area (Å²) in [4.78, 5) is 13.3. The van der Waals surface area contributed by atoms with E-state index >= 15 is 0 Å². The Bertz CT molecular complexity index is 979. The zero-order valence-electron chi connectivity index (χ0n) is 16.2. The molecule has 0 radical (unpaired) electrons. The maximum absolute atomic E-state index is 13.4. The van der Waals surface area contributed by atoms with Crippen molar-refractivity contribution in [2.75, 3.05) is 5.32 Å². The molecule has 1 N–H and O–H groups in total. The third-order valence-corrected chi connectivity index (χ3v) is 5.70. The molecule has 0 aromatic carbocycles. The highest BCUT2D eigenvalue weighted by Gasteiger charge is 2.35. The monoisotopic (exact) mass is 420 g/mol. The van der Waals surface area contributed by atoms with E-state index in [1.54, 1.807) is 24.1 Å². The van der Waals surface area contributed by atoms with Gasteiger partial charge < -0.3 is 10.1 Å². The van der Waals surface area contributed by atoms with E-state index in [2.05, 4.69) is 25.4 Å². The first-order valence-corrected chi connectivity index (χ1v) is 10.3. The largest absolute Gasteiger partial charge is 0.485 e. The molecule has 4 rings (SSSR count). The zero-order valence-corrected chi connectivity index (χ0v) is 17.0. The van der Waals surface area contributed by atoms with Crippen LogP contribution in [0, 0.1) is 6.92 Å². The van der Waals surface area contributed by atoms with Gasteiger partial charge in [-0.3, -0.25) is 4.68 Å². The molecule has 29 heavy (non-hydrogen) atoms. The molecule has 3 aromatic heterocycles. The van der Waals surface area contributed by atoms with E-state index in [-0.39, 0.29) is 25.5 Å². The smallest absolute Gasteiger partial charge is 0.248 e. The lowest BCUT2D eigenvalue weighted by Crippen LogP contribution is -2.32. The van der Waals surface area contributed by atoms with Crippen molar-refractivity contribution in [2.24, 2.45) is 7.05 Å². The molecule has 1 aliphatic carbocycles. The SMILES string of the molecule is Cc1csc(-c2cc(OCc3ncn(C)n3)cc(NC3CCC(F)(F)CC3)n2)n1. The first-order valence-electron chi connectivity index (χ1n) is 9.43. The van der Waals surface area contributed by atoms with Crippen LogP contribution in [-0.4, -0.2) is 36.7 Å². The Morgan fingerprint density at radius 3 is 2.72 bits per heavy atom. The Balaban J connectivity index is 1.54. The number of thiazole rings is 1.